The summed E-state index contributed by atoms with van der Waals surface area (Å²) in [5.41, 5.74) is 1.74. The molecule has 2 aromatic carbocycles. The highest BCUT2D eigenvalue weighted by atomic mass is 19.1. The lowest BCUT2D eigenvalue weighted by atomic mass is 9.95. The van der Waals surface area contributed by atoms with Gasteiger partial charge < -0.3 is 15.2 Å². The van der Waals surface area contributed by atoms with Gasteiger partial charge in [0.1, 0.15) is 11.6 Å². The van der Waals surface area contributed by atoms with Crippen LogP contribution < -0.4 is 10.1 Å². The van der Waals surface area contributed by atoms with E-state index in [0.29, 0.717) is 25.1 Å². The van der Waals surface area contributed by atoms with Gasteiger partial charge in [-0.05, 0) is 48.2 Å². The maximum absolute atomic E-state index is 13.0. The second-order valence-corrected chi connectivity index (χ2v) is 5.89. The largest absolute Gasteiger partial charge is 0.496 e. The molecular formula is C20H22FNO4. The lowest BCUT2D eigenvalue weighted by molar-refractivity contribution is -0.122. The topological polar surface area (TPSA) is 75.6 Å². The predicted molar refractivity (Wildman–Crippen MR) is 96.1 cm³/mol. The smallest absolute Gasteiger partial charge is 0.335 e. The van der Waals surface area contributed by atoms with Gasteiger partial charge in [-0.1, -0.05) is 25.1 Å². The van der Waals surface area contributed by atoms with Crippen molar-refractivity contribution < 1.29 is 23.8 Å². The lowest BCUT2D eigenvalue weighted by Crippen LogP contribution is -2.31. The summed E-state index contributed by atoms with van der Waals surface area (Å²) in [5, 5.41) is 11.9. The number of carboxylic acid groups (broad SMARTS) is 1. The summed E-state index contributed by atoms with van der Waals surface area (Å²) in [5.74, 6) is -1.34. The van der Waals surface area contributed by atoms with Crippen molar-refractivity contribution in [2.24, 2.45) is 0 Å². The number of rotatable bonds is 8. The summed E-state index contributed by atoms with van der Waals surface area (Å²) < 4.78 is 18.3. The minimum atomic E-state index is -1.02. The third-order valence-electron chi connectivity index (χ3n) is 4.22. The van der Waals surface area contributed by atoms with Gasteiger partial charge in [-0.15, -0.1) is 0 Å². The van der Waals surface area contributed by atoms with Crippen LogP contribution in [0.2, 0.25) is 0 Å². The summed E-state index contributed by atoms with van der Waals surface area (Å²) in [6.07, 6.45) is 1.11. The number of halogens is 1. The molecule has 1 atom stereocenters. The second-order valence-electron chi connectivity index (χ2n) is 5.89. The average Bonchev–Trinajstić information content (AvgIpc) is 2.64. The number of hydrogen-bond acceptors (Lipinski definition) is 3. The Balaban J connectivity index is 1.99. The highest BCUT2D eigenvalue weighted by Gasteiger charge is 2.18. The van der Waals surface area contributed by atoms with E-state index in [1.165, 1.54) is 31.4 Å². The molecule has 5 nitrogen and oxygen atoms in total. The van der Waals surface area contributed by atoms with Gasteiger partial charge in [-0.2, -0.15) is 0 Å². The van der Waals surface area contributed by atoms with Crippen LogP contribution in [0.1, 0.15) is 40.7 Å². The van der Waals surface area contributed by atoms with E-state index in [9.17, 15) is 14.0 Å². The Morgan fingerprint density at radius 3 is 2.46 bits per heavy atom. The molecule has 26 heavy (non-hydrogen) atoms. The Morgan fingerprint density at radius 1 is 1.19 bits per heavy atom. The molecule has 138 valence electrons. The number of hydrogen-bond donors (Lipinski definition) is 2. The summed E-state index contributed by atoms with van der Waals surface area (Å²) in [6, 6.07) is 10.6. The quantitative estimate of drug-likeness (QED) is 0.758. The first-order valence-corrected chi connectivity index (χ1v) is 8.39. The van der Waals surface area contributed by atoms with E-state index in [2.05, 4.69) is 5.32 Å². The van der Waals surface area contributed by atoms with Crippen LogP contribution >= 0.6 is 0 Å². The maximum atomic E-state index is 13.0. The van der Waals surface area contributed by atoms with Crippen molar-refractivity contribution in [2.45, 2.75) is 25.7 Å². The van der Waals surface area contributed by atoms with Crippen molar-refractivity contribution in [3.8, 4) is 5.75 Å². The number of methoxy groups -OCH3 is 1. The molecule has 2 rings (SSSR count). The molecule has 0 saturated heterocycles. The van der Waals surface area contributed by atoms with Crippen molar-refractivity contribution >= 4 is 11.9 Å². The molecule has 0 fully saturated rings. The highest BCUT2D eigenvalue weighted by Crippen LogP contribution is 2.22. The number of amides is 1. The molecule has 1 amide bonds. The van der Waals surface area contributed by atoms with Gasteiger partial charge in [0.2, 0.25) is 5.91 Å². The van der Waals surface area contributed by atoms with Crippen LogP contribution in [0.3, 0.4) is 0 Å². The van der Waals surface area contributed by atoms with Gasteiger partial charge in [0.05, 0.1) is 18.6 Å². The number of carboxylic acids is 1. The molecule has 0 aliphatic rings. The van der Waals surface area contributed by atoms with E-state index < -0.39 is 5.97 Å². The molecule has 0 bridgehead atoms. The molecule has 0 aliphatic heterocycles. The first-order valence-electron chi connectivity index (χ1n) is 8.39. The Morgan fingerprint density at radius 2 is 1.88 bits per heavy atom. The Labute approximate surface area is 151 Å². The molecule has 1 unspecified atom stereocenters. The minimum absolute atomic E-state index is 0.125. The SMILES string of the molecule is CCC(C(=O)NCCc1ccc(C(=O)O)cc1OC)c1ccc(F)cc1. The summed E-state index contributed by atoms with van der Waals surface area (Å²) in [4.78, 5) is 23.4. The minimum Gasteiger partial charge on any atom is -0.496 e. The van der Waals surface area contributed by atoms with Gasteiger partial charge >= 0.3 is 5.97 Å². The zero-order chi connectivity index (χ0) is 19.1. The number of carbonyl (C=O) groups is 2. The van der Waals surface area contributed by atoms with Gasteiger partial charge in [0.25, 0.3) is 0 Å². The van der Waals surface area contributed by atoms with E-state index in [0.717, 1.165) is 11.1 Å². The summed E-state index contributed by atoms with van der Waals surface area (Å²) in [6.45, 7) is 2.29. The number of nitrogens with one attached hydrogen (secondary N) is 1. The van der Waals surface area contributed by atoms with Gasteiger partial charge in [0, 0.05) is 6.54 Å². The van der Waals surface area contributed by atoms with Crippen molar-refractivity contribution in [1.29, 1.82) is 0 Å². The molecule has 0 heterocycles. The third kappa shape index (κ3) is 4.81. The Hall–Kier alpha value is -2.89. The van der Waals surface area contributed by atoms with Crippen molar-refractivity contribution in [1.82, 2.24) is 5.32 Å². The number of benzene rings is 2. The molecule has 6 heteroatoms. The Bertz CT molecular complexity index is 774. The highest BCUT2D eigenvalue weighted by molar-refractivity contribution is 5.88. The van der Waals surface area contributed by atoms with E-state index >= 15 is 0 Å². The molecule has 2 N–H and O–H groups in total. The molecule has 0 aliphatic carbocycles. The number of carbonyl (C=O) groups excluding carboxylic acids is 1. The van der Waals surface area contributed by atoms with Crippen LogP contribution in [-0.2, 0) is 11.2 Å². The molecule has 2 aromatic rings. The number of aromatic carboxylic acids is 1. The second kappa shape index (κ2) is 8.99. The lowest BCUT2D eigenvalue weighted by Gasteiger charge is -2.16. The van der Waals surface area contributed by atoms with Gasteiger partial charge in [-0.3, -0.25) is 4.79 Å². The zero-order valence-corrected chi connectivity index (χ0v) is 14.8. The third-order valence-corrected chi connectivity index (χ3v) is 4.22. The first-order chi connectivity index (χ1) is 12.5. The Kier molecular flexibility index (Phi) is 6.72. The molecule has 0 aromatic heterocycles. The monoisotopic (exact) mass is 359 g/mol. The normalized spacial score (nSPS) is 11.7. The van der Waals surface area contributed by atoms with E-state index in [1.807, 2.05) is 6.92 Å². The van der Waals surface area contributed by atoms with Crippen molar-refractivity contribution in [3.05, 3.63) is 65.0 Å². The van der Waals surface area contributed by atoms with Crippen LogP contribution in [-0.4, -0.2) is 30.6 Å². The fourth-order valence-electron chi connectivity index (χ4n) is 2.80. The summed E-state index contributed by atoms with van der Waals surface area (Å²) in [7, 11) is 1.48. The molecular weight excluding hydrogens is 337 g/mol. The van der Waals surface area contributed by atoms with Gasteiger partial charge in [0.15, 0.2) is 0 Å². The van der Waals surface area contributed by atoms with E-state index in [4.69, 9.17) is 9.84 Å². The fourth-order valence-corrected chi connectivity index (χ4v) is 2.80. The van der Waals surface area contributed by atoms with E-state index in [-0.39, 0.29) is 23.2 Å². The van der Waals surface area contributed by atoms with Crippen LogP contribution in [0.4, 0.5) is 4.39 Å². The van der Waals surface area contributed by atoms with Crippen LogP contribution in [0, 0.1) is 5.82 Å². The molecule has 0 spiro atoms. The average molecular weight is 359 g/mol. The van der Waals surface area contributed by atoms with Gasteiger partial charge in [-0.25, -0.2) is 9.18 Å². The molecule has 0 saturated carbocycles. The maximum Gasteiger partial charge on any atom is 0.335 e. The standard InChI is InChI=1S/C20H22FNO4/c1-3-17(13-6-8-16(21)9-7-13)19(23)22-11-10-14-4-5-15(20(24)25)12-18(14)26-2/h4-9,12,17H,3,10-11H2,1-2H3,(H,22,23)(H,24,25). The van der Waals surface area contributed by atoms with Crippen LogP contribution in [0.5, 0.6) is 5.75 Å². The number of ether oxygens (including phenoxy) is 1. The summed E-state index contributed by atoms with van der Waals surface area (Å²) >= 11 is 0. The predicted octanol–water partition coefficient (Wildman–Crippen LogP) is 3.39. The van der Waals surface area contributed by atoms with Crippen LogP contribution in [0.25, 0.3) is 0 Å². The van der Waals surface area contributed by atoms with Crippen LogP contribution in [0.15, 0.2) is 42.5 Å². The fraction of sp³-hybridized carbons (Fsp3) is 0.300. The zero-order valence-electron chi connectivity index (χ0n) is 14.8. The van der Waals surface area contributed by atoms with Crippen molar-refractivity contribution in [2.75, 3.05) is 13.7 Å². The van der Waals surface area contributed by atoms with Crippen molar-refractivity contribution in [3.63, 3.8) is 0 Å². The molecule has 0 radical (unpaired) electrons. The first kappa shape index (κ1) is 19.4. The van der Waals surface area contributed by atoms with E-state index in [1.54, 1.807) is 18.2 Å².